The first-order valence-electron chi connectivity index (χ1n) is 6.98. The fourth-order valence-corrected chi connectivity index (χ4v) is 3.25. The summed E-state index contributed by atoms with van der Waals surface area (Å²) in [6.45, 7) is 1.94. The maximum Gasteiger partial charge on any atom is 0.222 e. The number of rotatable bonds is 4. The lowest BCUT2D eigenvalue weighted by molar-refractivity contribution is -0.132. The molecule has 4 heteroatoms. The molecule has 2 saturated heterocycles. The zero-order chi connectivity index (χ0) is 13.1. The van der Waals surface area contributed by atoms with Gasteiger partial charge in [0.2, 0.25) is 5.91 Å². The number of nitrogens with one attached hydrogen (secondary N) is 1. The van der Waals surface area contributed by atoms with Gasteiger partial charge in [-0.15, -0.1) is 0 Å². The van der Waals surface area contributed by atoms with Gasteiger partial charge in [0.05, 0.1) is 12.5 Å². The summed E-state index contributed by atoms with van der Waals surface area (Å²) in [5.74, 6) is 0.733. The number of hydrogen-bond donors (Lipinski definition) is 1. The molecule has 2 rings (SSSR count). The van der Waals surface area contributed by atoms with Crippen LogP contribution in [-0.4, -0.2) is 36.0 Å². The highest BCUT2D eigenvalue weighted by Crippen LogP contribution is 2.33. The first-order chi connectivity index (χ1) is 8.60. The molecule has 4 nitrogen and oxygen atoms in total. The first-order valence-corrected chi connectivity index (χ1v) is 6.98. The Morgan fingerprint density at radius 3 is 2.61 bits per heavy atom. The van der Waals surface area contributed by atoms with Gasteiger partial charge in [-0.3, -0.25) is 4.79 Å². The molecule has 2 heterocycles. The predicted molar refractivity (Wildman–Crippen MR) is 69.7 cm³/mol. The summed E-state index contributed by atoms with van der Waals surface area (Å²) < 4.78 is 0. The average Bonchev–Trinajstić information content (AvgIpc) is 2.68. The molecule has 18 heavy (non-hydrogen) atoms. The molecule has 0 aromatic heterocycles. The molecule has 1 N–H and O–H groups in total. The van der Waals surface area contributed by atoms with Crippen molar-refractivity contribution in [2.75, 3.05) is 7.05 Å². The van der Waals surface area contributed by atoms with Crippen LogP contribution >= 0.6 is 0 Å². The van der Waals surface area contributed by atoms with E-state index in [0.29, 0.717) is 30.8 Å². The standard InChI is InChI=1S/C14H23N3O/c1-10(5-6-15)17(2)14(18)9-11-7-12-3-4-13(8-11)16-12/h10-13,16H,3-5,7-9H2,1-2H3. The van der Waals surface area contributed by atoms with Crippen LogP contribution in [0.15, 0.2) is 0 Å². The fourth-order valence-electron chi connectivity index (χ4n) is 3.25. The van der Waals surface area contributed by atoms with Gasteiger partial charge in [-0.2, -0.15) is 5.26 Å². The van der Waals surface area contributed by atoms with E-state index in [0.717, 1.165) is 12.8 Å². The second-order valence-electron chi connectivity index (χ2n) is 5.90. The van der Waals surface area contributed by atoms with Gasteiger partial charge >= 0.3 is 0 Å². The van der Waals surface area contributed by atoms with Crippen molar-refractivity contribution in [2.45, 2.75) is 63.6 Å². The Balaban J connectivity index is 1.82. The van der Waals surface area contributed by atoms with E-state index in [1.165, 1.54) is 12.8 Å². The van der Waals surface area contributed by atoms with Gasteiger partial charge in [-0.1, -0.05) is 0 Å². The van der Waals surface area contributed by atoms with Crippen LogP contribution in [0.4, 0.5) is 0 Å². The van der Waals surface area contributed by atoms with E-state index in [9.17, 15) is 4.79 Å². The number of carbonyl (C=O) groups is 1. The number of nitriles is 1. The van der Waals surface area contributed by atoms with Crippen molar-refractivity contribution in [3.8, 4) is 6.07 Å². The second kappa shape index (κ2) is 5.71. The molecule has 0 radical (unpaired) electrons. The Bertz CT molecular complexity index is 337. The third-order valence-electron chi connectivity index (χ3n) is 4.48. The molecule has 3 unspecified atom stereocenters. The van der Waals surface area contributed by atoms with Gasteiger partial charge in [-0.05, 0) is 38.5 Å². The van der Waals surface area contributed by atoms with Crippen LogP contribution < -0.4 is 5.32 Å². The van der Waals surface area contributed by atoms with E-state index in [2.05, 4.69) is 11.4 Å². The van der Waals surface area contributed by atoms with Gasteiger partial charge < -0.3 is 10.2 Å². The number of carbonyl (C=O) groups excluding carboxylic acids is 1. The van der Waals surface area contributed by atoms with Gasteiger partial charge in [0.15, 0.2) is 0 Å². The Hall–Kier alpha value is -1.08. The van der Waals surface area contributed by atoms with Gasteiger partial charge in [0.25, 0.3) is 0 Å². The lowest BCUT2D eigenvalue weighted by atomic mass is 9.89. The van der Waals surface area contributed by atoms with Crippen molar-refractivity contribution >= 4 is 5.91 Å². The van der Waals surface area contributed by atoms with Crippen molar-refractivity contribution in [3.05, 3.63) is 0 Å². The molecular weight excluding hydrogens is 226 g/mol. The van der Waals surface area contributed by atoms with Crippen LogP contribution in [0.3, 0.4) is 0 Å². The molecule has 0 aromatic carbocycles. The highest BCUT2D eigenvalue weighted by atomic mass is 16.2. The lowest BCUT2D eigenvalue weighted by Crippen LogP contribution is -2.41. The summed E-state index contributed by atoms with van der Waals surface area (Å²) in [4.78, 5) is 13.9. The molecular formula is C14H23N3O. The summed E-state index contributed by atoms with van der Waals surface area (Å²) in [6.07, 6.45) is 5.90. The molecule has 100 valence electrons. The molecule has 0 saturated carbocycles. The summed E-state index contributed by atoms with van der Waals surface area (Å²) in [6, 6.07) is 3.44. The van der Waals surface area contributed by atoms with Crippen LogP contribution in [0.25, 0.3) is 0 Å². The number of hydrogen-bond acceptors (Lipinski definition) is 3. The topological polar surface area (TPSA) is 56.1 Å². The van der Waals surface area contributed by atoms with E-state index in [-0.39, 0.29) is 11.9 Å². The minimum Gasteiger partial charge on any atom is -0.342 e. The summed E-state index contributed by atoms with van der Waals surface area (Å²) in [5.41, 5.74) is 0. The van der Waals surface area contributed by atoms with Crippen molar-refractivity contribution in [3.63, 3.8) is 0 Å². The van der Waals surface area contributed by atoms with Gasteiger partial charge in [0, 0.05) is 31.6 Å². The number of fused-ring (bicyclic) bond motifs is 2. The first kappa shape index (κ1) is 13.4. The third kappa shape index (κ3) is 3.02. The molecule has 2 fully saturated rings. The lowest BCUT2D eigenvalue weighted by Gasteiger charge is -2.31. The summed E-state index contributed by atoms with van der Waals surface area (Å²) in [5, 5.41) is 12.3. The van der Waals surface area contributed by atoms with Crippen molar-refractivity contribution < 1.29 is 4.79 Å². The van der Waals surface area contributed by atoms with Crippen molar-refractivity contribution in [1.82, 2.24) is 10.2 Å². The Morgan fingerprint density at radius 2 is 2.06 bits per heavy atom. The Labute approximate surface area is 109 Å². The van der Waals surface area contributed by atoms with E-state index < -0.39 is 0 Å². The number of piperidine rings is 1. The number of amides is 1. The quantitative estimate of drug-likeness (QED) is 0.824. The number of nitrogens with zero attached hydrogens (tertiary/aromatic N) is 2. The summed E-state index contributed by atoms with van der Waals surface area (Å²) >= 11 is 0. The molecule has 2 bridgehead atoms. The van der Waals surface area contributed by atoms with Crippen LogP contribution in [0.2, 0.25) is 0 Å². The highest BCUT2D eigenvalue weighted by Gasteiger charge is 2.34. The minimum atomic E-state index is 0.0286. The molecule has 2 aliphatic rings. The zero-order valence-electron chi connectivity index (χ0n) is 11.4. The van der Waals surface area contributed by atoms with Crippen molar-refractivity contribution in [2.24, 2.45) is 5.92 Å². The maximum absolute atomic E-state index is 12.2. The van der Waals surface area contributed by atoms with Crippen LogP contribution in [0, 0.1) is 17.2 Å². The smallest absolute Gasteiger partial charge is 0.222 e. The van der Waals surface area contributed by atoms with Crippen LogP contribution in [0.5, 0.6) is 0 Å². The fraction of sp³-hybridized carbons (Fsp3) is 0.857. The highest BCUT2D eigenvalue weighted by molar-refractivity contribution is 5.76. The zero-order valence-corrected chi connectivity index (χ0v) is 11.4. The molecule has 0 aliphatic carbocycles. The molecule has 1 amide bonds. The molecule has 2 aliphatic heterocycles. The monoisotopic (exact) mass is 249 g/mol. The van der Waals surface area contributed by atoms with Crippen LogP contribution in [-0.2, 0) is 4.79 Å². The van der Waals surface area contributed by atoms with Gasteiger partial charge in [-0.25, -0.2) is 0 Å². The Morgan fingerprint density at radius 1 is 1.44 bits per heavy atom. The second-order valence-corrected chi connectivity index (χ2v) is 5.90. The van der Waals surface area contributed by atoms with Crippen LogP contribution in [0.1, 0.15) is 45.4 Å². The summed E-state index contributed by atoms with van der Waals surface area (Å²) in [7, 11) is 1.82. The molecule has 0 aromatic rings. The largest absolute Gasteiger partial charge is 0.342 e. The van der Waals surface area contributed by atoms with Gasteiger partial charge in [0.1, 0.15) is 0 Å². The third-order valence-corrected chi connectivity index (χ3v) is 4.48. The molecule has 3 atom stereocenters. The van der Waals surface area contributed by atoms with E-state index in [4.69, 9.17) is 5.26 Å². The van der Waals surface area contributed by atoms with E-state index in [1.807, 2.05) is 14.0 Å². The minimum absolute atomic E-state index is 0.0286. The molecule has 0 spiro atoms. The predicted octanol–water partition coefficient (Wildman–Crippen LogP) is 1.67. The van der Waals surface area contributed by atoms with E-state index in [1.54, 1.807) is 4.90 Å². The SMILES string of the molecule is CC(CC#N)N(C)C(=O)CC1CC2CCC(C1)N2. The Kier molecular flexibility index (Phi) is 4.23. The maximum atomic E-state index is 12.2. The normalized spacial score (nSPS) is 31.7. The average molecular weight is 249 g/mol. The van der Waals surface area contributed by atoms with E-state index >= 15 is 0 Å². The van der Waals surface area contributed by atoms with Crippen molar-refractivity contribution in [1.29, 1.82) is 5.26 Å².